The van der Waals surface area contributed by atoms with Crippen LogP contribution in [0.15, 0.2) is 12.1 Å². The molecule has 4 N–H and O–H groups in total. The molecular formula is C16H25N3O5. The maximum absolute atomic E-state index is 11.3. The first kappa shape index (κ1) is 19.4. The molecule has 134 valence electrons. The van der Waals surface area contributed by atoms with Crippen LogP contribution in [0.5, 0.6) is 11.5 Å². The first-order valence-corrected chi connectivity index (χ1v) is 7.62. The normalized spacial score (nSPS) is 11.3. The van der Waals surface area contributed by atoms with E-state index in [1.54, 1.807) is 26.1 Å². The molecule has 0 aromatic heterocycles. The molecule has 0 saturated carbocycles. The van der Waals surface area contributed by atoms with Crippen molar-refractivity contribution in [1.29, 1.82) is 0 Å². The van der Waals surface area contributed by atoms with E-state index in [0.29, 0.717) is 42.2 Å². The molecule has 8 nitrogen and oxygen atoms in total. The third-order valence-electron chi connectivity index (χ3n) is 3.38. The Kier molecular flexibility index (Phi) is 7.67. The summed E-state index contributed by atoms with van der Waals surface area (Å²) in [6.45, 7) is 2.07. The first-order chi connectivity index (χ1) is 11.4. The lowest BCUT2D eigenvalue weighted by Crippen LogP contribution is -2.21. The van der Waals surface area contributed by atoms with E-state index in [9.17, 15) is 9.59 Å². The van der Waals surface area contributed by atoms with Gasteiger partial charge in [-0.15, -0.1) is 0 Å². The molecule has 1 atom stereocenters. The third kappa shape index (κ3) is 5.53. The molecule has 8 heteroatoms. The van der Waals surface area contributed by atoms with Gasteiger partial charge in [0.05, 0.1) is 13.7 Å². The van der Waals surface area contributed by atoms with Gasteiger partial charge in [0.15, 0.2) is 11.5 Å². The number of rotatable bonds is 8. The second-order valence-corrected chi connectivity index (χ2v) is 5.05. The minimum Gasteiger partial charge on any atom is -0.493 e. The van der Waals surface area contributed by atoms with Gasteiger partial charge in [-0.25, -0.2) is 4.79 Å². The number of methoxy groups -OCH3 is 1. The number of nitrogen functional groups attached to an aromatic ring is 1. The van der Waals surface area contributed by atoms with Crippen LogP contribution in [0.3, 0.4) is 0 Å². The Morgan fingerprint density at radius 2 is 1.92 bits per heavy atom. The van der Waals surface area contributed by atoms with Gasteiger partial charge in [-0.1, -0.05) is 0 Å². The Labute approximate surface area is 141 Å². The molecule has 0 fully saturated rings. The lowest BCUT2D eigenvalue weighted by atomic mass is 10.1. The molecule has 0 spiro atoms. The second-order valence-electron chi connectivity index (χ2n) is 5.05. The largest absolute Gasteiger partial charge is 0.493 e. The summed E-state index contributed by atoms with van der Waals surface area (Å²) in [4.78, 5) is 22.5. The molecule has 0 aliphatic carbocycles. The fraction of sp³-hybridized carbons (Fsp3) is 0.500. The van der Waals surface area contributed by atoms with E-state index >= 15 is 0 Å². The number of carbonyl (C=O) groups excluding carboxylic acids is 2. The van der Waals surface area contributed by atoms with E-state index in [-0.39, 0.29) is 5.91 Å². The number of ether oxygens (including phenoxy) is 3. The highest BCUT2D eigenvalue weighted by Gasteiger charge is 2.17. The second kappa shape index (κ2) is 9.49. The zero-order valence-electron chi connectivity index (χ0n) is 14.5. The summed E-state index contributed by atoms with van der Waals surface area (Å²) in [5, 5.41) is 4.93. The summed E-state index contributed by atoms with van der Waals surface area (Å²) in [6.07, 6.45) is -0.138. The Morgan fingerprint density at radius 3 is 2.50 bits per heavy atom. The first-order valence-electron chi connectivity index (χ1n) is 7.62. The zero-order chi connectivity index (χ0) is 18.1. The van der Waals surface area contributed by atoms with E-state index in [4.69, 9.17) is 19.9 Å². The van der Waals surface area contributed by atoms with Crippen LogP contribution in [0.4, 0.5) is 10.5 Å². The van der Waals surface area contributed by atoms with E-state index in [0.717, 1.165) is 0 Å². The summed E-state index contributed by atoms with van der Waals surface area (Å²) in [6, 6.07) is 3.30. The molecule has 1 aromatic carbocycles. The van der Waals surface area contributed by atoms with E-state index in [2.05, 4.69) is 10.6 Å². The van der Waals surface area contributed by atoms with Gasteiger partial charge in [-0.3, -0.25) is 4.79 Å². The SMILES string of the molecule is CNC(=O)CCCOc1cc(N)c(C(C)OC(=O)NC)cc1OC. The number of carbonyl (C=O) groups is 2. The van der Waals surface area contributed by atoms with E-state index < -0.39 is 12.2 Å². The number of nitrogens with two attached hydrogens (primary N) is 1. The van der Waals surface area contributed by atoms with Crippen LogP contribution in [0.1, 0.15) is 31.4 Å². The molecule has 0 radical (unpaired) electrons. The van der Waals surface area contributed by atoms with Crippen molar-refractivity contribution in [1.82, 2.24) is 10.6 Å². The quantitative estimate of drug-likeness (QED) is 0.490. The van der Waals surface area contributed by atoms with Crippen molar-refractivity contribution in [2.45, 2.75) is 25.9 Å². The van der Waals surface area contributed by atoms with E-state index in [1.165, 1.54) is 14.2 Å². The van der Waals surface area contributed by atoms with E-state index in [1.807, 2.05) is 0 Å². The van der Waals surface area contributed by atoms with Gasteiger partial charge >= 0.3 is 6.09 Å². The number of anilines is 1. The number of benzene rings is 1. The van der Waals surface area contributed by atoms with Crippen LogP contribution in [0, 0.1) is 0 Å². The fourth-order valence-electron chi connectivity index (χ4n) is 2.04. The average molecular weight is 339 g/mol. The summed E-state index contributed by atoms with van der Waals surface area (Å²) in [5.41, 5.74) is 7.07. The van der Waals surface area contributed by atoms with Crippen molar-refractivity contribution >= 4 is 17.7 Å². The lowest BCUT2D eigenvalue weighted by molar-refractivity contribution is -0.120. The highest BCUT2D eigenvalue weighted by Crippen LogP contribution is 2.36. The highest BCUT2D eigenvalue weighted by atomic mass is 16.6. The summed E-state index contributed by atoms with van der Waals surface area (Å²) < 4.78 is 16.1. The molecule has 1 rings (SSSR count). The molecule has 0 heterocycles. The number of hydrogen-bond acceptors (Lipinski definition) is 6. The predicted octanol–water partition coefficient (Wildman–Crippen LogP) is 1.60. The van der Waals surface area contributed by atoms with Gasteiger partial charge in [-0.2, -0.15) is 0 Å². The molecule has 2 amide bonds. The average Bonchev–Trinajstić information content (AvgIpc) is 2.58. The van der Waals surface area contributed by atoms with Gasteiger partial charge in [-0.05, 0) is 19.4 Å². The zero-order valence-corrected chi connectivity index (χ0v) is 14.5. The van der Waals surface area contributed by atoms with Crippen LogP contribution in [-0.2, 0) is 9.53 Å². The number of hydrogen-bond donors (Lipinski definition) is 3. The Balaban J connectivity index is 2.79. The molecule has 24 heavy (non-hydrogen) atoms. The van der Waals surface area contributed by atoms with Crippen molar-refractivity contribution < 1.29 is 23.8 Å². The smallest absolute Gasteiger partial charge is 0.407 e. The minimum atomic E-state index is -0.546. The Bertz CT molecular complexity index is 577. The molecule has 0 saturated heterocycles. The summed E-state index contributed by atoms with van der Waals surface area (Å²) >= 11 is 0. The topological polar surface area (TPSA) is 112 Å². The molecule has 0 aliphatic rings. The standard InChI is InChI=1S/C16H25N3O5/c1-10(24-16(21)19-3)11-8-13(22-4)14(9-12(11)17)23-7-5-6-15(20)18-2/h8-10H,5-7,17H2,1-4H3,(H,18,20)(H,19,21). The van der Waals surface area contributed by atoms with Crippen LogP contribution in [0.2, 0.25) is 0 Å². The van der Waals surface area contributed by atoms with Crippen molar-refractivity contribution in [2.75, 3.05) is 33.5 Å². The van der Waals surface area contributed by atoms with Crippen LogP contribution in [0.25, 0.3) is 0 Å². The van der Waals surface area contributed by atoms with Gasteiger partial charge < -0.3 is 30.6 Å². The predicted molar refractivity (Wildman–Crippen MR) is 90.2 cm³/mol. The van der Waals surface area contributed by atoms with Gasteiger partial charge in [0, 0.05) is 37.8 Å². The van der Waals surface area contributed by atoms with Gasteiger partial charge in [0.25, 0.3) is 0 Å². The monoisotopic (exact) mass is 339 g/mol. The Hall–Kier alpha value is -2.64. The van der Waals surface area contributed by atoms with Crippen LogP contribution in [-0.4, -0.2) is 39.8 Å². The summed E-state index contributed by atoms with van der Waals surface area (Å²) in [7, 11) is 4.58. The highest BCUT2D eigenvalue weighted by molar-refractivity contribution is 5.75. The van der Waals surface area contributed by atoms with Crippen LogP contribution >= 0.6 is 0 Å². The van der Waals surface area contributed by atoms with Crippen molar-refractivity contribution in [2.24, 2.45) is 0 Å². The van der Waals surface area contributed by atoms with Gasteiger partial charge in [0.2, 0.25) is 5.91 Å². The summed E-state index contributed by atoms with van der Waals surface area (Å²) in [5.74, 6) is 0.912. The fourth-order valence-corrected chi connectivity index (χ4v) is 2.04. The third-order valence-corrected chi connectivity index (χ3v) is 3.38. The van der Waals surface area contributed by atoms with Crippen molar-refractivity contribution in [3.63, 3.8) is 0 Å². The molecule has 1 unspecified atom stereocenters. The van der Waals surface area contributed by atoms with Crippen molar-refractivity contribution in [3.05, 3.63) is 17.7 Å². The molecule has 0 aliphatic heterocycles. The van der Waals surface area contributed by atoms with Gasteiger partial charge in [0.1, 0.15) is 6.10 Å². The number of alkyl carbamates (subject to hydrolysis) is 1. The van der Waals surface area contributed by atoms with Crippen molar-refractivity contribution in [3.8, 4) is 11.5 Å². The minimum absolute atomic E-state index is 0.0411. The molecule has 1 aromatic rings. The maximum atomic E-state index is 11.3. The van der Waals surface area contributed by atoms with Crippen LogP contribution < -0.4 is 25.8 Å². The number of nitrogens with one attached hydrogen (secondary N) is 2. The lowest BCUT2D eigenvalue weighted by Gasteiger charge is -2.18. The molecular weight excluding hydrogens is 314 g/mol. The molecule has 0 bridgehead atoms. The Morgan fingerprint density at radius 1 is 1.21 bits per heavy atom. The maximum Gasteiger partial charge on any atom is 0.407 e. The number of amides is 2.